The number of hydrogen-bond donors (Lipinski definition) is 1. The van der Waals surface area contributed by atoms with Gasteiger partial charge in [0.05, 0.1) is 11.3 Å². The molecule has 0 atom stereocenters. The molecule has 1 N–H and O–H groups in total. The molecule has 0 saturated heterocycles. The zero-order valence-electron chi connectivity index (χ0n) is 14.2. The SMILES string of the molecule is Cc1nn(C)c(=O)c(-n2nc(-c3ccc(C(F)(F)F)cc3)cc2C)c1O. The van der Waals surface area contributed by atoms with Crippen molar-refractivity contribution in [2.45, 2.75) is 20.0 Å². The van der Waals surface area contributed by atoms with Crippen molar-refractivity contribution in [2.24, 2.45) is 7.05 Å². The number of hydrogen-bond acceptors (Lipinski definition) is 4. The van der Waals surface area contributed by atoms with Crippen LogP contribution in [0.3, 0.4) is 0 Å². The predicted octanol–water partition coefficient (Wildman–Crippen LogP) is 2.97. The maximum atomic E-state index is 12.7. The van der Waals surface area contributed by atoms with Gasteiger partial charge in [-0.1, -0.05) is 12.1 Å². The quantitative estimate of drug-likeness (QED) is 0.759. The standard InChI is InChI=1S/C17H15F3N4O2/c1-9-8-13(11-4-6-12(7-5-11)17(18,19)20)22-24(9)14-15(25)10(2)21-23(3)16(14)26/h4-8,25H,1-3H3. The number of nitrogens with zero attached hydrogens (tertiary/aromatic N) is 4. The summed E-state index contributed by atoms with van der Waals surface area (Å²) in [4.78, 5) is 12.3. The summed E-state index contributed by atoms with van der Waals surface area (Å²) >= 11 is 0. The molecule has 3 rings (SSSR count). The number of benzene rings is 1. The van der Waals surface area contributed by atoms with Crippen LogP contribution in [0.25, 0.3) is 16.9 Å². The van der Waals surface area contributed by atoms with E-state index in [9.17, 15) is 23.1 Å². The fourth-order valence-electron chi connectivity index (χ4n) is 2.61. The maximum Gasteiger partial charge on any atom is 0.416 e. The summed E-state index contributed by atoms with van der Waals surface area (Å²) in [5.41, 5.74) is 0.280. The second kappa shape index (κ2) is 6.01. The van der Waals surface area contributed by atoms with Crippen molar-refractivity contribution in [3.05, 3.63) is 57.6 Å². The van der Waals surface area contributed by atoms with Crippen molar-refractivity contribution in [1.82, 2.24) is 19.6 Å². The van der Waals surface area contributed by atoms with Crippen LogP contribution in [0, 0.1) is 13.8 Å². The molecule has 2 aromatic heterocycles. The summed E-state index contributed by atoms with van der Waals surface area (Å²) in [6, 6.07) is 6.18. The Kier molecular flexibility index (Phi) is 4.09. The van der Waals surface area contributed by atoms with E-state index in [4.69, 9.17) is 0 Å². The smallest absolute Gasteiger partial charge is 0.416 e. The first-order valence-electron chi connectivity index (χ1n) is 7.61. The van der Waals surface area contributed by atoms with Crippen LogP contribution in [0.4, 0.5) is 13.2 Å². The maximum absolute atomic E-state index is 12.7. The predicted molar refractivity (Wildman–Crippen MR) is 88.2 cm³/mol. The number of halogens is 3. The molecular formula is C17H15F3N4O2. The summed E-state index contributed by atoms with van der Waals surface area (Å²) in [5.74, 6) is -0.293. The van der Waals surface area contributed by atoms with Crippen LogP contribution in [-0.4, -0.2) is 24.7 Å². The third-order valence-electron chi connectivity index (χ3n) is 3.97. The molecular weight excluding hydrogens is 349 g/mol. The summed E-state index contributed by atoms with van der Waals surface area (Å²) in [6.07, 6.45) is -4.42. The molecule has 0 radical (unpaired) electrons. The first kappa shape index (κ1) is 17.7. The second-order valence-corrected chi connectivity index (χ2v) is 5.87. The molecule has 0 fully saturated rings. The molecule has 0 bridgehead atoms. The topological polar surface area (TPSA) is 72.9 Å². The van der Waals surface area contributed by atoms with E-state index in [0.717, 1.165) is 16.8 Å². The normalized spacial score (nSPS) is 11.8. The van der Waals surface area contributed by atoms with Crippen LogP contribution in [0.5, 0.6) is 5.75 Å². The first-order chi connectivity index (χ1) is 12.1. The van der Waals surface area contributed by atoms with Crippen molar-refractivity contribution >= 4 is 0 Å². The summed E-state index contributed by atoms with van der Waals surface area (Å²) in [6.45, 7) is 3.23. The van der Waals surface area contributed by atoms with E-state index in [1.54, 1.807) is 19.9 Å². The van der Waals surface area contributed by atoms with E-state index in [2.05, 4.69) is 10.2 Å². The van der Waals surface area contributed by atoms with Crippen LogP contribution >= 0.6 is 0 Å². The Hall–Kier alpha value is -3.10. The van der Waals surface area contributed by atoms with Crippen molar-refractivity contribution in [2.75, 3.05) is 0 Å². The van der Waals surface area contributed by atoms with Gasteiger partial charge in [0.25, 0.3) is 5.56 Å². The molecule has 0 aliphatic carbocycles. The number of aromatic hydroxyl groups is 1. The lowest BCUT2D eigenvalue weighted by Gasteiger charge is -2.09. The number of alkyl halides is 3. The minimum Gasteiger partial charge on any atom is -0.504 e. The summed E-state index contributed by atoms with van der Waals surface area (Å²) < 4.78 is 40.4. The third-order valence-corrected chi connectivity index (χ3v) is 3.97. The van der Waals surface area contributed by atoms with Crippen molar-refractivity contribution < 1.29 is 18.3 Å². The van der Waals surface area contributed by atoms with Gasteiger partial charge in [-0.2, -0.15) is 23.4 Å². The van der Waals surface area contributed by atoms with Gasteiger partial charge in [0.1, 0.15) is 5.69 Å². The molecule has 0 saturated carbocycles. The average Bonchev–Trinajstić information content (AvgIpc) is 2.94. The molecule has 3 aromatic rings. The number of aryl methyl sites for hydroxylation is 3. The van der Waals surface area contributed by atoms with Crippen LogP contribution in [0.2, 0.25) is 0 Å². The van der Waals surface area contributed by atoms with E-state index in [1.165, 1.54) is 23.9 Å². The minimum atomic E-state index is -4.42. The second-order valence-electron chi connectivity index (χ2n) is 5.87. The van der Waals surface area contributed by atoms with Crippen molar-refractivity contribution in [3.8, 4) is 22.7 Å². The first-order valence-corrected chi connectivity index (χ1v) is 7.61. The Bertz CT molecular complexity index is 1030. The van der Waals surface area contributed by atoms with Gasteiger partial charge in [0, 0.05) is 18.3 Å². The molecule has 0 amide bonds. The van der Waals surface area contributed by atoms with E-state index in [0.29, 0.717) is 17.0 Å². The van der Waals surface area contributed by atoms with Crippen LogP contribution in [-0.2, 0) is 13.2 Å². The molecule has 6 nitrogen and oxygen atoms in total. The van der Waals surface area contributed by atoms with E-state index in [-0.39, 0.29) is 17.1 Å². The van der Waals surface area contributed by atoms with Crippen molar-refractivity contribution in [3.63, 3.8) is 0 Å². The van der Waals surface area contributed by atoms with Gasteiger partial charge >= 0.3 is 6.18 Å². The Morgan fingerprint density at radius 3 is 2.27 bits per heavy atom. The molecule has 136 valence electrons. The Morgan fingerprint density at radius 1 is 1.08 bits per heavy atom. The van der Waals surface area contributed by atoms with E-state index >= 15 is 0 Å². The monoisotopic (exact) mass is 364 g/mol. The highest BCUT2D eigenvalue weighted by Gasteiger charge is 2.30. The highest BCUT2D eigenvalue weighted by molar-refractivity contribution is 5.61. The zero-order chi connectivity index (χ0) is 19.2. The molecule has 0 unspecified atom stereocenters. The highest BCUT2D eigenvalue weighted by Crippen LogP contribution is 2.31. The van der Waals surface area contributed by atoms with Crippen LogP contribution in [0.1, 0.15) is 17.0 Å². The van der Waals surface area contributed by atoms with Gasteiger partial charge in [-0.25, -0.2) is 9.36 Å². The third kappa shape index (κ3) is 2.96. The Balaban J connectivity index is 2.11. The molecule has 0 aliphatic heterocycles. The Labute approximate surface area is 146 Å². The lowest BCUT2D eigenvalue weighted by atomic mass is 10.1. The number of rotatable bonds is 2. The average molecular weight is 364 g/mol. The fraction of sp³-hybridized carbons (Fsp3) is 0.235. The fourth-order valence-corrected chi connectivity index (χ4v) is 2.61. The van der Waals surface area contributed by atoms with Gasteiger partial charge in [0.15, 0.2) is 11.4 Å². The summed E-state index contributed by atoms with van der Waals surface area (Å²) in [5, 5.41) is 18.4. The number of aromatic nitrogens is 4. The highest BCUT2D eigenvalue weighted by atomic mass is 19.4. The molecule has 1 aromatic carbocycles. The van der Waals surface area contributed by atoms with Gasteiger partial charge in [-0.05, 0) is 32.0 Å². The van der Waals surface area contributed by atoms with E-state index in [1.807, 2.05) is 0 Å². The zero-order valence-corrected chi connectivity index (χ0v) is 14.2. The minimum absolute atomic E-state index is 0.0596. The van der Waals surface area contributed by atoms with Crippen molar-refractivity contribution in [1.29, 1.82) is 0 Å². The van der Waals surface area contributed by atoms with Gasteiger partial charge in [-0.3, -0.25) is 4.79 Å². The lowest BCUT2D eigenvalue weighted by molar-refractivity contribution is -0.137. The van der Waals surface area contributed by atoms with Crippen LogP contribution < -0.4 is 5.56 Å². The van der Waals surface area contributed by atoms with Crippen LogP contribution in [0.15, 0.2) is 35.1 Å². The molecule has 0 spiro atoms. The molecule has 9 heteroatoms. The van der Waals surface area contributed by atoms with Gasteiger partial charge in [0.2, 0.25) is 0 Å². The molecule has 26 heavy (non-hydrogen) atoms. The Morgan fingerprint density at radius 2 is 1.69 bits per heavy atom. The van der Waals surface area contributed by atoms with E-state index < -0.39 is 17.3 Å². The lowest BCUT2D eigenvalue weighted by Crippen LogP contribution is -2.26. The van der Waals surface area contributed by atoms with Gasteiger partial charge in [-0.15, -0.1) is 0 Å². The summed E-state index contributed by atoms with van der Waals surface area (Å²) in [7, 11) is 1.45. The molecule has 0 aliphatic rings. The largest absolute Gasteiger partial charge is 0.504 e. The molecule has 2 heterocycles. The van der Waals surface area contributed by atoms with Gasteiger partial charge < -0.3 is 5.11 Å².